The number of pyridine rings is 1. The number of imidazole rings is 1. The fourth-order valence-electron chi connectivity index (χ4n) is 4.33. The van der Waals surface area contributed by atoms with Crippen LogP contribution in [0.5, 0.6) is 0 Å². The lowest BCUT2D eigenvalue weighted by atomic mass is 10.1. The molecule has 1 atom stereocenters. The largest absolute Gasteiger partial charge is 0.350 e. The molecule has 0 radical (unpaired) electrons. The first-order chi connectivity index (χ1) is 16.1. The normalized spacial score (nSPS) is 16.3. The number of nitrogens with zero attached hydrogens (tertiary/aromatic N) is 6. The standard InChI is InChI=1S/C24H28N8O/c1-30-22(33)20-21(28-23(30)27-14-19-11-5-6-12-26-19)29-24(31-13-7-10-18(25)16-31)32(20)15-17-8-3-2-4-9-17/h2-6,8-9,11-12,18H,7,10,13-16,25H2,1H3,(H,27,28). The van der Waals surface area contributed by atoms with Gasteiger partial charge in [-0.3, -0.25) is 18.9 Å². The molecule has 170 valence electrons. The maximum absolute atomic E-state index is 13.5. The number of nitrogens with two attached hydrogens (primary N) is 1. The Hall–Kier alpha value is -3.72. The maximum Gasteiger partial charge on any atom is 0.281 e. The molecule has 33 heavy (non-hydrogen) atoms. The second kappa shape index (κ2) is 9.03. The third-order valence-corrected chi connectivity index (χ3v) is 6.04. The van der Waals surface area contributed by atoms with Crippen molar-refractivity contribution in [3.63, 3.8) is 0 Å². The van der Waals surface area contributed by atoms with Gasteiger partial charge in [-0.05, 0) is 30.5 Å². The van der Waals surface area contributed by atoms with Crippen molar-refractivity contribution in [1.29, 1.82) is 0 Å². The molecular weight excluding hydrogens is 416 g/mol. The molecule has 5 rings (SSSR count). The number of benzene rings is 1. The van der Waals surface area contributed by atoms with Crippen molar-refractivity contribution in [2.75, 3.05) is 23.3 Å². The predicted octanol–water partition coefficient (Wildman–Crippen LogP) is 2.11. The van der Waals surface area contributed by atoms with Gasteiger partial charge in [0.05, 0.1) is 18.8 Å². The first kappa shape index (κ1) is 21.1. The first-order valence-electron chi connectivity index (χ1n) is 11.3. The lowest BCUT2D eigenvalue weighted by molar-refractivity contribution is 0.495. The summed E-state index contributed by atoms with van der Waals surface area (Å²) < 4.78 is 3.53. The zero-order valence-electron chi connectivity index (χ0n) is 18.7. The van der Waals surface area contributed by atoms with Gasteiger partial charge in [0, 0.05) is 32.4 Å². The van der Waals surface area contributed by atoms with Gasteiger partial charge in [-0.15, -0.1) is 0 Å². The monoisotopic (exact) mass is 444 g/mol. The molecule has 3 N–H and O–H groups in total. The molecule has 3 aromatic heterocycles. The summed E-state index contributed by atoms with van der Waals surface area (Å²) in [5.41, 5.74) is 9.01. The van der Waals surface area contributed by atoms with Gasteiger partial charge in [-0.25, -0.2) is 0 Å². The van der Waals surface area contributed by atoms with Gasteiger partial charge >= 0.3 is 0 Å². The van der Waals surface area contributed by atoms with Gasteiger partial charge in [-0.2, -0.15) is 9.97 Å². The first-order valence-corrected chi connectivity index (χ1v) is 11.3. The Morgan fingerprint density at radius 1 is 1.12 bits per heavy atom. The average molecular weight is 445 g/mol. The molecule has 9 nitrogen and oxygen atoms in total. The van der Waals surface area contributed by atoms with Crippen molar-refractivity contribution < 1.29 is 0 Å². The highest BCUT2D eigenvalue weighted by atomic mass is 16.1. The molecule has 1 saturated heterocycles. The van der Waals surface area contributed by atoms with Crippen LogP contribution in [0.1, 0.15) is 24.1 Å². The van der Waals surface area contributed by atoms with Gasteiger partial charge in [0.25, 0.3) is 5.56 Å². The number of aromatic nitrogens is 5. The van der Waals surface area contributed by atoms with Crippen LogP contribution in [0.4, 0.5) is 11.9 Å². The molecule has 1 aliphatic heterocycles. The van der Waals surface area contributed by atoms with Crippen LogP contribution in [0.2, 0.25) is 0 Å². The summed E-state index contributed by atoms with van der Waals surface area (Å²) in [4.78, 5) is 29.6. The van der Waals surface area contributed by atoms with Gasteiger partial charge in [0.1, 0.15) is 0 Å². The van der Waals surface area contributed by atoms with Gasteiger partial charge in [0.2, 0.25) is 11.9 Å². The number of hydrogen-bond acceptors (Lipinski definition) is 7. The summed E-state index contributed by atoms with van der Waals surface area (Å²) in [5, 5.41) is 3.23. The zero-order chi connectivity index (χ0) is 22.8. The smallest absolute Gasteiger partial charge is 0.281 e. The van der Waals surface area contributed by atoms with Crippen molar-refractivity contribution in [1.82, 2.24) is 24.1 Å². The number of hydrogen-bond donors (Lipinski definition) is 2. The van der Waals surface area contributed by atoms with E-state index in [0.29, 0.717) is 36.7 Å². The number of nitrogens with one attached hydrogen (secondary N) is 1. The fraction of sp³-hybridized carbons (Fsp3) is 0.333. The van der Waals surface area contributed by atoms with E-state index < -0.39 is 0 Å². The molecule has 9 heteroatoms. The summed E-state index contributed by atoms with van der Waals surface area (Å²) in [6, 6.07) is 15.9. The summed E-state index contributed by atoms with van der Waals surface area (Å²) in [7, 11) is 1.73. The highest BCUT2D eigenvalue weighted by Gasteiger charge is 2.25. The molecule has 4 heterocycles. The highest BCUT2D eigenvalue weighted by Crippen LogP contribution is 2.24. The van der Waals surface area contributed by atoms with E-state index in [-0.39, 0.29) is 11.6 Å². The second-order valence-electron chi connectivity index (χ2n) is 8.48. The quantitative estimate of drug-likeness (QED) is 0.469. The van der Waals surface area contributed by atoms with E-state index in [1.807, 2.05) is 41.0 Å². The lowest BCUT2D eigenvalue weighted by Gasteiger charge is -2.31. The van der Waals surface area contributed by atoms with Crippen molar-refractivity contribution >= 4 is 23.1 Å². The van der Waals surface area contributed by atoms with Crippen molar-refractivity contribution in [2.45, 2.75) is 32.0 Å². The molecule has 0 aliphatic carbocycles. The Bertz CT molecular complexity index is 1300. The molecular formula is C24H28N8O. The second-order valence-corrected chi connectivity index (χ2v) is 8.48. The lowest BCUT2D eigenvalue weighted by Crippen LogP contribution is -2.44. The minimum absolute atomic E-state index is 0.0927. The zero-order valence-corrected chi connectivity index (χ0v) is 18.7. The molecule has 0 bridgehead atoms. The maximum atomic E-state index is 13.5. The summed E-state index contributed by atoms with van der Waals surface area (Å²) >= 11 is 0. The van der Waals surface area contributed by atoms with Gasteiger partial charge in [0.15, 0.2) is 11.2 Å². The molecule has 0 spiro atoms. The number of fused-ring (bicyclic) bond motifs is 1. The summed E-state index contributed by atoms with van der Waals surface area (Å²) in [6.07, 6.45) is 3.74. The Balaban J connectivity index is 1.58. The van der Waals surface area contributed by atoms with Crippen LogP contribution < -0.4 is 21.5 Å². The minimum atomic E-state index is -0.139. The van der Waals surface area contributed by atoms with Crippen LogP contribution in [0.25, 0.3) is 11.2 Å². The van der Waals surface area contributed by atoms with E-state index >= 15 is 0 Å². The van der Waals surface area contributed by atoms with Crippen LogP contribution in [-0.4, -0.2) is 43.2 Å². The van der Waals surface area contributed by atoms with E-state index in [9.17, 15) is 4.79 Å². The predicted molar refractivity (Wildman–Crippen MR) is 129 cm³/mol. The number of piperidine rings is 1. The topological polar surface area (TPSA) is 107 Å². The minimum Gasteiger partial charge on any atom is -0.350 e. The molecule has 4 aromatic rings. The Morgan fingerprint density at radius 3 is 2.70 bits per heavy atom. The van der Waals surface area contributed by atoms with E-state index in [1.165, 1.54) is 0 Å². The summed E-state index contributed by atoms with van der Waals surface area (Å²) in [6.45, 7) is 2.57. The Labute approximate surface area is 191 Å². The fourth-order valence-corrected chi connectivity index (χ4v) is 4.33. The van der Waals surface area contributed by atoms with Gasteiger partial charge < -0.3 is 16.0 Å². The van der Waals surface area contributed by atoms with Crippen molar-refractivity contribution in [3.8, 4) is 0 Å². The van der Waals surface area contributed by atoms with E-state index in [1.54, 1.807) is 17.8 Å². The molecule has 1 fully saturated rings. The molecule has 0 saturated carbocycles. The molecule has 0 amide bonds. The van der Waals surface area contributed by atoms with Crippen LogP contribution in [0.3, 0.4) is 0 Å². The van der Waals surface area contributed by atoms with Crippen LogP contribution >= 0.6 is 0 Å². The SMILES string of the molecule is Cn1c(NCc2ccccn2)nc2nc(N3CCCC(N)C3)n(Cc3ccccc3)c2c1=O. The summed E-state index contributed by atoms with van der Waals surface area (Å²) in [5.74, 6) is 1.21. The third kappa shape index (κ3) is 4.31. The number of anilines is 2. The van der Waals surface area contributed by atoms with Crippen LogP contribution in [0, 0.1) is 0 Å². The third-order valence-electron chi connectivity index (χ3n) is 6.04. The Morgan fingerprint density at radius 2 is 1.94 bits per heavy atom. The van der Waals surface area contributed by atoms with Crippen molar-refractivity contribution in [2.24, 2.45) is 12.8 Å². The highest BCUT2D eigenvalue weighted by molar-refractivity contribution is 5.75. The Kier molecular flexibility index (Phi) is 5.78. The van der Waals surface area contributed by atoms with E-state index in [4.69, 9.17) is 15.7 Å². The van der Waals surface area contributed by atoms with E-state index in [2.05, 4.69) is 27.3 Å². The van der Waals surface area contributed by atoms with E-state index in [0.717, 1.165) is 36.6 Å². The van der Waals surface area contributed by atoms with Crippen LogP contribution in [-0.2, 0) is 20.1 Å². The molecule has 1 aromatic carbocycles. The molecule has 1 aliphatic rings. The number of rotatable bonds is 6. The van der Waals surface area contributed by atoms with Gasteiger partial charge in [-0.1, -0.05) is 36.4 Å². The average Bonchev–Trinajstić information content (AvgIpc) is 3.20. The molecule has 1 unspecified atom stereocenters. The van der Waals surface area contributed by atoms with Crippen LogP contribution in [0.15, 0.2) is 59.5 Å². The van der Waals surface area contributed by atoms with Crippen molar-refractivity contribution in [3.05, 3.63) is 76.3 Å².